The molecule has 1 aromatic carbocycles. The van der Waals surface area contributed by atoms with Gasteiger partial charge in [0.15, 0.2) is 0 Å². The van der Waals surface area contributed by atoms with Crippen LogP contribution in [0.15, 0.2) is 36.7 Å². The fourth-order valence-corrected chi connectivity index (χ4v) is 3.17. The van der Waals surface area contributed by atoms with E-state index >= 15 is 0 Å². The molecule has 2 heterocycles. The number of rotatable bonds is 6. The van der Waals surface area contributed by atoms with Crippen molar-refractivity contribution in [1.29, 1.82) is 0 Å². The second-order valence-electron chi connectivity index (χ2n) is 4.84. The molecule has 0 amide bonds. The lowest BCUT2D eigenvalue weighted by Crippen LogP contribution is -2.20. The third kappa shape index (κ3) is 3.05. The zero-order chi connectivity index (χ0) is 13.8. The quantitative estimate of drug-likeness (QED) is 0.684. The second kappa shape index (κ2) is 6.15. The van der Waals surface area contributed by atoms with Crippen LogP contribution in [-0.4, -0.2) is 21.5 Å². The summed E-state index contributed by atoms with van der Waals surface area (Å²) in [5.74, 6) is 1.06. The summed E-state index contributed by atoms with van der Waals surface area (Å²) in [5.41, 5.74) is 1.09. The fourth-order valence-electron chi connectivity index (χ4n) is 2.17. The maximum atomic E-state index is 4.68. The number of imidazole rings is 1. The molecule has 3 aromatic rings. The minimum atomic E-state index is 0.295. The first-order valence-corrected chi connectivity index (χ1v) is 7.71. The van der Waals surface area contributed by atoms with Gasteiger partial charge in [-0.3, -0.25) is 0 Å². The monoisotopic (exact) mass is 286 g/mol. The predicted octanol–water partition coefficient (Wildman–Crippen LogP) is 3.30. The molecule has 0 spiro atoms. The summed E-state index contributed by atoms with van der Waals surface area (Å²) in [4.78, 5) is 12.0. The molecule has 104 valence electrons. The molecule has 0 saturated carbocycles. The van der Waals surface area contributed by atoms with Crippen LogP contribution in [0, 0.1) is 0 Å². The molecule has 5 heteroatoms. The Hall–Kier alpha value is -1.72. The molecule has 0 aliphatic rings. The van der Waals surface area contributed by atoms with Crippen molar-refractivity contribution in [3.63, 3.8) is 0 Å². The maximum Gasteiger partial charge on any atom is 0.111 e. The Bertz CT molecular complexity index is 626. The Morgan fingerprint density at radius 1 is 1.35 bits per heavy atom. The van der Waals surface area contributed by atoms with E-state index in [-0.39, 0.29) is 0 Å². The molecule has 4 nitrogen and oxygen atoms in total. The summed E-state index contributed by atoms with van der Waals surface area (Å²) >= 11 is 1.77. The summed E-state index contributed by atoms with van der Waals surface area (Å²) in [6, 6.07) is 8.59. The molecule has 3 rings (SSSR count). The molecule has 1 unspecified atom stereocenters. The molecule has 0 radical (unpaired) electrons. The van der Waals surface area contributed by atoms with E-state index in [1.807, 2.05) is 12.3 Å². The van der Waals surface area contributed by atoms with Crippen molar-refractivity contribution in [3.8, 4) is 0 Å². The van der Waals surface area contributed by atoms with E-state index < -0.39 is 0 Å². The number of para-hydroxylation sites is 1. The molecule has 2 N–H and O–H groups in total. The lowest BCUT2D eigenvalue weighted by atomic mass is 10.2. The zero-order valence-electron chi connectivity index (χ0n) is 11.5. The van der Waals surface area contributed by atoms with E-state index in [9.17, 15) is 0 Å². The summed E-state index contributed by atoms with van der Waals surface area (Å²) in [6.45, 7) is 3.14. The molecule has 0 bridgehead atoms. The number of hydrogen-bond acceptors (Lipinski definition) is 4. The Labute approximate surface area is 122 Å². The lowest BCUT2D eigenvalue weighted by Gasteiger charge is -2.10. The van der Waals surface area contributed by atoms with Crippen LogP contribution in [0.25, 0.3) is 10.2 Å². The molecule has 0 saturated heterocycles. The maximum absolute atomic E-state index is 4.68. The minimum Gasteiger partial charge on any atom is -0.349 e. The Kier molecular flexibility index (Phi) is 4.08. The smallest absolute Gasteiger partial charge is 0.111 e. The molecular weight excluding hydrogens is 268 g/mol. The van der Waals surface area contributed by atoms with Crippen LogP contribution in [0.3, 0.4) is 0 Å². The van der Waals surface area contributed by atoms with Crippen LogP contribution in [0.4, 0.5) is 0 Å². The number of thiazole rings is 1. The number of nitrogens with one attached hydrogen (secondary N) is 2. The summed E-state index contributed by atoms with van der Waals surface area (Å²) in [7, 11) is 0. The number of benzene rings is 1. The van der Waals surface area contributed by atoms with Gasteiger partial charge in [0.25, 0.3) is 0 Å². The van der Waals surface area contributed by atoms with Crippen molar-refractivity contribution < 1.29 is 0 Å². The van der Waals surface area contributed by atoms with Gasteiger partial charge >= 0.3 is 0 Å². The summed E-state index contributed by atoms with van der Waals surface area (Å²) < 4.78 is 1.26. The lowest BCUT2D eigenvalue weighted by molar-refractivity contribution is 0.553. The van der Waals surface area contributed by atoms with E-state index in [0.717, 1.165) is 35.7 Å². The third-order valence-electron chi connectivity index (χ3n) is 3.28. The second-order valence-corrected chi connectivity index (χ2v) is 5.90. The number of H-pyrrole nitrogens is 1. The number of aromatic nitrogens is 3. The van der Waals surface area contributed by atoms with Gasteiger partial charge in [0, 0.05) is 18.8 Å². The van der Waals surface area contributed by atoms with Crippen LogP contribution in [0.2, 0.25) is 0 Å². The zero-order valence-corrected chi connectivity index (χ0v) is 12.3. The molecule has 2 aromatic heterocycles. The highest BCUT2D eigenvalue weighted by molar-refractivity contribution is 7.18. The summed E-state index contributed by atoms with van der Waals surface area (Å²) in [6.07, 6.45) is 5.72. The van der Waals surface area contributed by atoms with E-state index in [0.29, 0.717) is 6.04 Å². The van der Waals surface area contributed by atoms with Crippen LogP contribution >= 0.6 is 11.3 Å². The summed E-state index contributed by atoms with van der Waals surface area (Å²) in [5, 5.41) is 4.69. The van der Waals surface area contributed by atoms with E-state index in [1.165, 1.54) is 4.70 Å². The molecule has 1 atom stereocenters. The van der Waals surface area contributed by atoms with Crippen LogP contribution in [-0.2, 0) is 6.42 Å². The first kappa shape index (κ1) is 13.3. The molecule has 20 heavy (non-hydrogen) atoms. The number of fused-ring (bicyclic) bond motifs is 1. The highest BCUT2D eigenvalue weighted by atomic mass is 32.1. The predicted molar refractivity (Wildman–Crippen MR) is 82.9 cm³/mol. The van der Waals surface area contributed by atoms with Gasteiger partial charge in [-0.05, 0) is 32.0 Å². The van der Waals surface area contributed by atoms with E-state index in [2.05, 4.69) is 45.4 Å². The Balaban J connectivity index is 1.52. The van der Waals surface area contributed by atoms with Gasteiger partial charge in [-0.25, -0.2) is 9.97 Å². The SMILES string of the molecule is CC(NCCCc1ncc[nH]1)c1nc2ccccc2s1. The molecular formula is C15H18N4S. The van der Waals surface area contributed by atoms with Gasteiger partial charge in [-0.1, -0.05) is 12.1 Å². The van der Waals surface area contributed by atoms with Gasteiger partial charge in [0.2, 0.25) is 0 Å². The average molecular weight is 286 g/mol. The van der Waals surface area contributed by atoms with Crippen LogP contribution < -0.4 is 5.32 Å². The van der Waals surface area contributed by atoms with Crippen molar-refractivity contribution >= 4 is 21.6 Å². The molecule has 0 aliphatic carbocycles. The van der Waals surface area contributed by atoms with Crippen molar-refractivity contribution in [2.24, 2.45) is 0 Å². The van der Waals surface area contributed by atoms with Gasteiger partial charge in [0.1, 0.15) is 10.8 Å². The van der Waals surface area contributed by atoms with Crippen LogP contribution in [0.1, 0.15) is 30.2 Å². The highest BCUT2D eigenvalue weighted by Crippen LogP contribution is 2.25. The van der Waals surface area contributed by atoms with Crippen molar-refractivity contribution in [2.45, 2.75) is 25.8 Å². The van der Waals surface area contributed by atoms with Gasteiger partial charge < -0.3 is 10.3 Å². The number of aryl methyl sites for hydroxylation is 1. The third-order valence-corrected chi connectivity index (χ3v) is 4.50. The first-order valence-electron chi connectivity index (χ1n) is 6.90. The van der Waals surface area contributed by atoms with Gasteiger partial charge in [0.05, 0.1) is 16.3 Å². The van der Waals surface area contributed by atoms with Crippen molar-refractivity contribution in [3.05, 3.63) is 47.5 Å². The van der Waals surface area contributed by atoms with E-state index in [4.69, 9.17) is 0 Å². The standard InChI is InChI=1S/C15H18N4S/c1-11(16-8-4-7-14-17-9-10-18-14)15-19-12-5-2-3-6-13(12)20-15/h2-3,5-6,9-11,16H,4,7-8H2,1H3,(H,17,18). The van der Waals surface area contributed by atoms with Crippen molar-refractivity contribution in [2.75, 3.05) is 6.54 Å². The van der Waals surface area contributed by atoms with E-state index in [1.54, 1.807) is 17.5 Å². The largest absolute Gasteiger partial charge is 0.349 e. The Morgan fingerprint density at radius 2 is 2.25 bits per heavy atom. The number of nitrogens with zero attached hydrogens (tertiary/aromatic N) is 2. The van der Waals surface area contributed by atoms with Gasteiger partial charge in [-0.2, -0.15) is 0 Å². The van der Waals surface area contributed by atoms with Crippen molar-refractivity contribution in [1.82, 2.24) is 20.3 Å². The topological polar surface area (TPSA) is 53.6 Å². The number of hydrogen-bond donors (Lipinski definition) is 2. The Morgan fingerprint density at radius 3 is 3.05 bits per heavy atom. The first-order chi connectivity index (χ1) is 9.83. The molecule has 0 fully saturated rings. The van der Waals surface area contributed by atoms with Crippen LogP contribution in [0.5, 0.6) is 0 Å². The minimum absolute atomic E-state index is 0.295. The fraction of sp³-hybridized carbons (Fsp3) is 0.333. The average Bonchev–Trinajstić information content (AvgIpc) is 3.12. The number of aromatic amines is 1. The van der Waals surface area contributed by atoms with Gasteiger partial charge in [-0.15, -0.1) is 11.3 Å². The highest BCUT2D eigenvalue weighted by Gasteiger charge is 2.10. The molecule has 0 aliphatic heterocycles. The normalized spacial score (nSPS) is 12.8.